The standard InChI is InChI=1S/C21H19N7O2S3/c1-13-24-17(11-31-13)28(33-15-9-7-14(8-10-15)19(29)27(2)3)20(30)16-5-4-6-18(25-16)32-21-22-12-23-26-21/h4-12H,1-3H3,(H,22,23,26). The van der Waals surface area contributed by atoms with Gasteiger partial charge in [0.1, 0.15) is 17.0 Å². The maximum absolute atomic E-state index is 13.5. The molecule has 1 N–H and O–H groups in total. The summed E-state index contributed by atoms with van der Waals surface area (Å²) in [5.74, 6) is 0.134. The van der Waals surface area contributed by atoms with Crippen LogP contribution >= 0.6 is 35.0 Å². The van der Waals surface area contributed by atoms with E-state index in [1.807, 2.05) is 24.4 Å². The quantitative estimate of drug-likeness (QED) is 0.379. The number of aromatic amines is 1. The summed E-state index contributed by atoms with van der Waals surface area (Å²) >= 11 is 3.97. The lowest BCUT2D eigenvalue weighted by atomic mass is 10.2. The number of aromatic nitrogens is 5. The molecular formula is C21H19N7O2S3. The Hall–Kier alpha value is -3.22. The lowest BCUT2D eigenvalue weighted by molar-refractivity contribution is 0.0827. The zero-order chi connectivity index (χ0) is 23.4. The molecule has 0 bridgehead atoms. The zero-order valence-electron chi connectivity index (χ0n) is 17.9. The summed E-state index contributed by atoms with van der Waals surface area (Å²) in [6.45, 7) is 1.88. The number of benzene rings is 1. The second-order valence-corrected chi connectivity index (χ2v) is 9.99. The molecule has 3 aromatic heterocycles. The highest BCUT2D eigenvalue weighted by Gasteiger charge is 2.23. The first-order chi connectivity index (χ1) is 15.9. The van der Waals surface area contributed by atoms with Crippen LogP contribution in [0, 0.1) is 6.92 Å². The molecule has 0 fully saturated rings. The van der Waals surface area contributed by atoms with E-state index in [1.54, 1.807) is 44.4 Å². The summed E-state index contributed by atoms with van der Waals surface area (Å²) in [7, 11) is 3.41. The molecule has 1 aromatic carbocycles. The molecular weight excluding hydrogens is 478 g/mol. The van der Waals surface area contributed by atoms with Gasteiger partial charge in [-0.2, -0.15) is 0 Å². The number of thiazole rings is 1. The molecule has 0 aliphatic carbocycles. The lowest BCUT2D eigenvalue weighted by Gasteiger charge is -2.19. The van der Waals surface area contributed by atoms with E-state index in [2.05, 4.69) is 25.1 Å². The fraction of sp³-hybridized carbons (Fsp3) is 0.143. The first kappa shape index (κ1) is 23.0. The Morgan fingerprint density at radius 2 is 1.82 bits per heavy atom. The Kier molecular flexibility index (Phi) is 7.06. The summed E-state index contributed by atoms with van der Waals surface area (Å²) in [4.78, 5) is 39.8. The molecule has 33 heavy (non-hydrogen) atoms. The number of hydrogen-bond acceptors (Lipinski definition) is 9. The average molecular weight is 498 g/mol. The maximum atomic E-state index is 13.5. The highest BCUT2D eigenvalue weighted by molar-refractivity contribution is 8.01. The highest BCUT2D eigenvalue weighted by atomic mass is 32.2. The van der Waals surface area contributed by atoms with Gasteiger partial charge in [-0.3, -0.25) is 9.59 Å². The summed E-state index contributed by atoms with van der Waals surface area (Å²) in [6.07, 6.45) is 1.48. The van der Waals surface area contributed by atoms with Crippen LogP contribution in [0.3, 0.4) is 0 Å². The van der Waals surface area contributed by atoms with Gasteiger partial charge in [0, 0.05) is 29.9 Å². The van der Waals surface area contributed by atoms with E-state index in [9.17, 15) is 9.59 Å². The minimum absolute atomic E-state index is 0.0834. The monoisotopic (exact) mass is 497 g/mol. The van der Waals surface area contributed by atoms with Crippen molar-refractivity contribution in [2.45, 2.75) is 22.0 Å². The molecule has 2 amide bonds. The largest absolute Gasteiger partial charge is 0.345 e. The second-order valence-electron chi connectivity index (χ2n) is 6.90. The van der Waals surface area contributed by atoms with Crippen LogP contribution in [0.2, 0.25) is 0 Å². The molecule has 0 aliphatic heterocycles. The van der Waals surface area contributed by atoms with Crippen LogP contribution in [-0.2, 0) is 0 Å². The predicted molar refractivity (Wildman–Crippen MR) is 129 cm³/mol. The number of pyridine rings is 1. The van der Waals surface area contributed by atoms with Gasteiger partial charge in [-0.05, 0) is 67.0 Å². The highest BCUT2D eigenvalue weighted by Crippen LogP contribution is 2.32. The van der Waals surface area contributed by atoms with Gasteiger partial charge in [-0.25, -0.2) is 14.3 Å². The van der Waals surface area contributed by atoms with Crippen molar-refractivity contribution in [3.05, 3.63) is 70.4 Å². The lowest BCUT2D eigenvalue weighted by Crippen LogP contribution is -2.25. The molecule has 0 saturated carbocycles. The third kappa shape index (κ3) is 5.59. The van der Waals surface area contributed by atoms with Gasteiger partial charge in [0.2, 0.25) is 0 Å². The van der Waals surface area contributed by atoms with Gasteiger partial charge in [-0.15, -0.1) is 21.5 Å². The van der Waals surface area contributed by atoms with Gasteiger partial charge < -0.3 is 9.88 Å². The SMILES string of the molecule is Cc1nc(N(Sc2ccc(C(=O)N(C)C)cc2)C(=O)c2cccc(Sc3nnc[nH]3)n2)cs1. The third-order valence-electron chi connectivity index (χ3n) is 4.24. The second kappa shape index (κ2) is 10.1. The molecule has 0 unspecified atom stereocenters. The van der Waals surface area contributed by atoms with Crippen LogP contribution < -0.4 is 4.31 Å². The Morgan fingerprint density at radius 1 is 1.03 bits per heavy atom. The van der Waals surface area contributed by atoms with Crippen molar-refractivity contribution in [2.24, 2.45) is 0 Å². The topological polar surface area (TPSA) is 108 Å². The molecule has 0 spiro atoms. The first-order valence-electron chi connectivity index (χ1n) is 9.68. The molecule has 4 rings (SSSR count). The smallest absolute Gasteiger partial charge is 0.288 e. The van der Waals surface area contributed by atoms with E-state index in [0.29, 0.717) is 21.6 Å². The van der Waals surface area contributed by atoms with E-state index >= 15 is 0 Å². The average Bonchev–Trinajstić information content (AvgIpc) is 3.49. The van der Waals surface area contributed by atoms with Crippen LogP contribution in [-0.4, -0.2) is 56.0 Å². The number of carbonyl (C=O) groups is 2. The summed E-state index contributed by atoms with van der Waals surface area (Å²) < 4.78 is 1.51. The molecule has 0 atom stereocenters. The number of carbonyl (C=O) groups excluding carboxylic acids is 2. The van der Waals surface area contributed by atoms with Crippen LogP contribution in [0.1, 0.15) is 25.9 Å². The van der Waals surface area contributed by atoms with Crippen molar-refractivity contribution in [1.82, 2.24) is 30.0 Å². The number of aryl methyl sites for hydroxylation is 1. The molecule has 12 heteroatoms. The van der Waals surface area contributed by atoms with Crippen molar-refractivity contribution in [1.29, 1.82) is 0 Å². The van der Waals surface area contributed by atoms with E-state index in [-0.39, 0.29) is 17.5 Å². The molecule has 0 aliphatic rings. The van der Waals surface area contributed by atoms with E-state index in [1.165, 1.54) is 50.6 Å². The number of nitrogens with one attached hydrogen (secondary N) is 1. The van der Waals surface area contributed by atoms with Crippen molar-refractivity contribution in [2.75, 3.05) is 18.4 Å². The molecule has 0 saturated heterocycles. The molecule has 4 aromatic rings. The molecule has 9 nitrogen and oxygen atoms in total. The first-order valence-corrected chi connectivity index (χ1v) is 12.1. The summed E-state index contributed by atoms with van der Waals surface area (Å²) in [6, 6.07) is 12.3. The fourth-order valence-corrected chi connectivity index (χ4v) is 4.86. The normalized spacial score (nSPS) is 10.8. The van der Waals surface area contributed by atoms with E-state index in [0.717, 1.165) is 9.90 Å². The van der Waals surface area contributed by atoms with Crippen molar-refractivity contribution in [3.8, 4) is 0 Å². The summed E-state index contributed by atoms with van der Waals surface area (Å²) in [5, 5.41) is 11.6. The zero-order valence-corrected chi connectivity index (χ0v) is 20.4. The molecule has 3 heterocycles. The molecule has 168 valence electrons. The van der Waals surface area contributed by atoms with Gasteiger partial charge >= 0.3 is 0 Å². The van der Waals surface area contributed by atoms with E-state index < -0.39 is 0 Å². The Morgan fingerprint density at radius 3 is 2.45 bits per heavy atom. The summed E-state index contributed by atoms with van der Waals surface area (Å²) in [5.41, 5.74) is 0.850. The van der Waals surface area contributed by atoms with Crippen molar-refractivity contribution >= 4 is 52.7 Å². The molecule has 0 radical (unpaired) electrons. The van der Waals surface area contributed by atoms with Gasteiger partial charge in [-0.1, -0.05) is 6.07 Å². The number of amides is 2. The third-order valence-corrected chi connectivity index (χ3v) is 6.85. The van der Waals surface area contributed by atoms with Crippen molar-refractivity contribution < 1.29 is 9.59 Å². The fourth-order valence-electron chi connectivity index (χ4n) is 2.70. The van der Waals surface area contributed by atoms with Crippen LogP contribution in [0.15, 0.2) is 69.2 Å². The van der Waals surface area contributed by atoms with Crippen molar-refractivity contribution in [3.63, 3.8) is 0 Å². The van der Waals surface area contributed by atoms with Crippen LogP contribution in [0.4, 0.5) is 5.82 Å². The Bertz CT molecular complexity index is 1260. The van der Waals surface area contributed by atoms with Crippen LogP contribution in [0.5, 0.6) is 0 Å². The number of H-pyrrole nitrogens is 1. The number of hydrogen-bond donors (Lipinski definition) is 1. The van der Waals surface area contributed by atoms with Gasteiger partial charge in [0.25, 0.3) is 11.8 Å². The Balaban J connectivity index is 1.60. The maximum Gasteiger partial charge on any atom is 0.288 e. The minimum Gasteiger partial charge on any atom is -0.345 e. The number of nitrogens with zero attached hydrogens (tertiary/aromatic N) is 6. The predicted octanol–water partition coefficient (Wildman–Crippen LogP) is 4.17. The number of rotatable bonds is 7. The minimum atomic E-state index is -0.307. The Labute approximate surface area is 202 Å². The van der Waals surface area contributed by atoms with Gasteiger partial charge in [0.15, 0.2) is 11.0 Å². The van der Waals surface area contributed by atoms with Crippen LogP contribution in [0.25, 0.3) is 0 Å². The van der Waals surface area contributed by atoms with Gasteiger partial charge in [0.05, 0.1) is 5.01 Å². The number of anilines is 1. The van der Waals surface area contributed by atoms with E-state index in [4.69, 9.17) is 0 Å².